The van der Waals surface area contributed by atoms with E-state index in [4.69, 9.17) is 4.98 Å². The Labute approximate surface area is 160 Å². The number of hydrogen-bond acceptors (Lipinski definition) is 6. The number of aliphatic hydroxyl groups excluding tert-OH is 1. The van der Waals surface area contributed by atoms with E-state index in [1.165, 1.54) is 17.0 Å². The first-order valence-electron chi connectivity index (χ1n) is 10.3. The molecule has 0 aliphatic carbocycles. The summed E-state index contributed by atoms with van der Waals surface area (Å²) < 4.78 is 0. The summed E-state index contributed by atoms with van der Waals surface area (Å²) in [7, 11) is 0. The number of anilines is 2. The zero-order valence-corrected chi connectivity index (χ0v) is 16.4. The summed E-state index contributed by atoms with van der Waals surface area (Å²) in [5.41, 5.74) is 3.82. The predicted molar refractivity (Wildman–Crippen MR) is 106 cm³/mol. The number of aliphatic hydroxyl groups is 1. The van der Waals surface area contributed by atoms with Gasteiger partial charge >= 0.3 is 0 Å². The van der Waals surface area contributed by atoms with Gasteiger partial charge in [0.05, 0.1) is 11.8 Å². The fourth-order valence-electron chi connectivity index (χ4n) is 4.33. The van der Waals surface area contributed by atoms with Crippen molar-refractivity contribution >= 4 is 11.8 Å². The Morgan fingerprint density at radius 3 is 2.89 bits per heavy atom. The molecule has 0 radical (unpaired) electrons. The second kappa shape index (κ2) is 7.84. The second-order valence-corrected chi connectivity index (χ2v) is 7.71. The first kappa shape index (κ1) is 18.2. The molecule has 4 heterocycles. The van der Waals surface area contributed by atoms with Crippen LogP contribution < -0.4 is 9.80 Å². The molecular formula is C20H30N6O. The molecule has 1 atom stereocenters. The van der Waals surface area contributed by atoms with E-state index >= 15 is 0 Å². The lowest BCUT2D eigenvalue weighted by Crippen LogP contribution is -2.39. The second-order valence-electron chi connectivity index (χ2n) is 7.71. The van der Waals surface area contributed by atoms with Crippen LogP contribution in [0, 0.1) is 0 Å². The van der Waals surface area contributed by atoms with E-state index in [1.54, 1.807) is 0 Å². The summed E-state index contributed by atoms with van der Waals surface area (Å²) in [6.45, 7) is 7.76. The molecule has 2 N–H and O–H groups in total. The average Bonchev–Trinajstić information content (AvgIpc) is 3.12. The number of piperidine rings is 1. The summed E-state index contributed by atoms with van der Waals surface area (Å²) in [6, 6.07) is 1.95. The van der Waals surface area contributed by atoms with Gasteiger partial charge in [0, 0.05) is 56.0 Å². The van der Waals surface area contributed by atoms with Crippen molar-refractivity contribution in [2.45, 2.75) is 64.5 Å². The molecule has 0 amide bonds. The molecule has 7 nitrogen and oxygen atoms in total. The SMILES string of the molecule is CCC(CC)c1n[nH]c2c1CN(c1nccc(N3CCC[C@@H](O)C3)n1)CC2. The number of β-amino-alcohol motifs (C(OH)–C–C–N with tert-alkyl or cyclic N) is 1. The largest absolute Gasteiger partial charge is 0.391 e. The number of aromatic amines is 1. The fraction of sp³-hybridized carbons (Fsp3) is 0.650. The van der Waals surface area contributed by atoms with Gasteiger partial charge in [0.25, 0.3) is 0 Å². The number of nitrogens with zero attached hydrogens (tertiary/aromatic N) is 5. The molecule has 2 aromatic rings. The number of aromatic nitrogens is 4. The van der Waals surface area contributed by atoms with Crippen LogP contribution in [0.3, 0.4) is 0 Å². The van der Waals surface area contributed by atoms with E-state index in [1.807, 2.05) is 12.3 Å². The molecule has 1 saturated heterocycles. The monoisotopic (exact) mass is 370 g/mol. The van der Waals surface area contributed by atoms with Crippen LogP contribution in [0.4, 0.5) is 11.8 Å². The molecule has 1 fully saturated rings. The van der Waals surface area contributed by atoms with Gasteiger partial charge < -0.3 is 14.9 Å². The van der Waals surface area contributed by atoms with Crippen molar-refractivity contribution in [1.29, 1.82) is 0 Å². The maximum absolute atomic E-state index is 9.97. The summed E-state index contributed by atoms with van der Waals surface area (Å²) >= 11 is 0. The fourth-order valence-corrected chi connectivity index (χ4v) is 4.33. The predicted octanol–water partition coefficient (Wildman–Crippen LogP) is 2.63. The third-order valence-electron chi connectivity index (χ3n) is 5.97. The number of fused-ring (bicyclic) bond motifs is 1. The first-order valence-corrected chi connectivity index (χ1v) is 10.3. The van der Waals surface area contributed by atoms with Crippen LogP contribution in [-0.2, 0) is 13.0 Å². The topological polar surface area (TPSA) is 81.2 Å². The molecule has 0 saturated carbocycles. The zero-order chi connectivity index (χ0) is 18.8. The van der Waals surface area contributed by atoms with Crippen LogP contribution in [0.25, 0.3) is 0 Å². The molecular weight excluding hydrogens is 340 g/mol. The quantitative estimate of drug-likeness (QED) is 0.842. The summed E-state index contributed by atoms with van der Waals surface area (Å²) in [5.74, 6) is 2.19. The highest BCUT2D eigenvalue weighted by molar-refractivity contribution is 5.46. The normalized spacial score (nSPS) is 20.2. The molecule has 4 rings (SSSR count). The Hall–Kier alpha value is -2.15. The standard InChI is InChI=1S/C20H30N6O/c1-3-14(4-2)19-16-13-26(11-8-17(16)23-24-19)20-21-9-7-18(22-20)25-10-5-6-15(27)12-25/h7,9,14-15,27H,3-6,8,10-13H2,1-2H3,(H,23,24)/t15-/m1/s1. The van der Waals surface area contributed by atoms with Gasteiger partial charge in [0.2, 0.25) is 5.95 Å². The maximum atomic E-state index is 9.97. The van der Waals surface area contributed by atoms with Gasteiger partial charge in [-0.1, -0.05) is 13.8 Å². The van der Waals surface area contributed by atoms with Gasteiger partial charge in [-0.3, -0.25) is 5.10 Å². The molecule has 146 valence electrons. The molecule has 7 heteroatoms. The van der Waals surface area contributed by atoms with Crippen molar-refractivity contribution in [3.8, 4) is 0 Å². The van der Waals surface area contributed by atoms with Crippen LogP contribution in [0.5, 0.6) is 0 Å². The lowest BCUT2D eigenvalue weighted by atomic mass is 9.93. The molecule has 2 aliphatic heterocycles. The van der Waals surface area contributed by atoms with Gasteiger partial charge in [-0.2, -0.15) is 10.1 Å². The number of rotatable bonds is 5. The molecule has 0 spiro atoms. The number of H-pyrrole nitrogens is 1. The minimum absolute atomic E-state index is 0.261. The highest BCUT2D eigenvalue weighted by atomic mass is 16.3. The Morgan fingerprint density at radius 1 is 1.26 bits per heavy atom. The Morgan fingerprint density at radius 2 is 2.11 bits per heavy atom. The Balaban J connectivity index is 1.55. The first-order chi connectivity index (χ1) is 13.2. The van der Waals surface area contributed by atoms with Gasteiger partial charge in [-0.05, 0) is 31.7 Å². The summed E-state index contributed by atoms with van der Waals surface area (Å²) in [4.78, 5) is 13.8. The van der Waals surface area contributed by atoms with E-state index in [0.29, 0.717) is 12.5 Å². The van der Waals surface area contributed by atoms with Crippen LogP contribution in [-0.4, -0.2) is 51.0 Å². The van der Waals surface area contributed by atoms with Crippen molar-refractivity contribution in [2.75, 3.05) is 29.4 Å². The third kappa shape index (κ3) is 3.65. The van der Waals surface area contributed by atoms with E-state index in [0.717, 1.165) is 63.5 Å². The van der Waals surface area contributed by atoms with Crippen LogP contribution >= 0.6 is 0 Å². The van der Waals surface area contributed by atoms with E-state index in [9.17, 15) is 5.11 Å². The number of nitrogens with one attached hydrogen (secondary N) is 1. The molecule has 0 unspecified atom stereocenters. The highest BCUT2D eigenvalue weighted by Gasteiger charge is 2.27. The van der Waals surface area contributed by atoms with Crippen molar-refractivity contribution in [3.63, 3.8) is 0 Å². The molecule has 0 aromatic carbocycles. The highest BCUT2D eigenvalue weighted by Crippen LogP contribution is 2.31. The van der Waals surface area contributed by atoms with Crippen molar-refractivity contribution < 1.29 is 5.11 Å². The summed E-state index contributed by atoms with van der Waals surface area (Å²) in [6.07, 6.45) is 6.62. The molecule has 0 bridgehead atoms. The lowest BCUT2D eigenvalue weighted by Gasteiger charge is -2.32. The van der Waals surface area contributed by atoms with Gasteiger partial charge in [0.1, 0.15) is 5.82 Å². The van der Waals surface area contributed by atoms with Crippen LogP contribution in [0.1, 0.15) is 62.4 Å². The Bertz CT molecular complexity index is 772. The van der Waals surface area contributed by atoms with Gasteiger partial charge in [-0.15, -0.1) is 0 Å². The number of hydrogen-bond donors (Lipinski definition) is 2. The minimum atomic E-state index is -0.261. The minimum Gasteiger partial charge on any atom is -0.391 e. The Kier molecular flexibility index (Phi) is 5.29. The third-order valence-corrected chi connectivity index (χ3v) is 5.97. The van der Waals surface area contributed by atoms with Crippen molar-refractivity contribution in [3.05, 3.63) is 29.2 Å². The van der Waals surface area contributed by atoms with Gasteiger partial charge in [0.15, 0.2) is 0 Å². The molecule has 2 aliphatic rings. The van der Waals surface area contributed by atoms with E-state index in [-0.39, 0.29) is 6.10 Å². The van der Waals surface area contributed by atoms with Gasteiger partial charge in [-0.25, -0.2) is 4.98 Å². The van der Waals surface area contributed by atoms with Crippen molar-refractivity contribution in [1.82, 2.24) is 20.2 Å². The van der Waals surface area contributed by atoms with Crippen LogP contribution in [0.15, 0.2) is 12.3 Å². The average molecular weight is 371 g/mol. The lowest BCUT2D eigenvalue weighted by molar-refractivity contribution is 0.154. The molecule has 2 aromatic heterocycles. The summed E-state index contributed by atoms with van der Waals surface area (Å²) in [5, 5.41) is 17.9. The van der Waals surface area contributed by atoms with E-state index < -0.39 is 0 Å². The zero-order valence-electron chi connectivity index (χ0n) is 16.4. The molecule has 27 heavy (non-hydrogen) atoms. The van der Waals surface area contributed by atoms with E-state index in [2.05, 4.69) is 38.8 Å². The smallest absolute Gasteiger partial charge is 0.227 e. The van der Waals surface area contributed by atoms with Crippen molar-refractivity contribution in [2.24, 2.45) is 0 Å². The van der Waals surface area contributed by atoms with Crippen LogP contribution in [0.2, 0.25) is 0 Å². The maximum Gasteiger partial charge on any atom is 0.227 e.